The molecular formula is C19H25N3O6. The van der Waals surface area contributed by atoms with Gasteiger partial charge in [-0.25, -0.2) is 4.79 Å². The number of amides is 4. The highest BCUT2D eigenvalue weighted by Crippen LogP contribution is 2.37. The van der Waals surface area contributed by atoms with Crippen molar-refractivity contribution in [3.05, 3.63) is 23.8 Å². The van der Waals surface area contributed by atoms with Crippen LogP contribution in [0.15, 0.2) is 18.2 Å². The molecule has 152 valence electrons. The van der Waals surface area contributed by atoms with Crippen molar-refractivity contribution < 1.29 is 28.6 Å². The summed E-state index contributed by atoms with van der Waals surface area (Å²) in [6, 6.07) is 4.45. The number of rotatable bonds is 8. The molecule has 9 nitrogen and oxygen atoms in total. The number of hydrogen-bond acceptors (Lipinski definition) is 6. The van der Waals surface area contributed by atoms with Gasteiger partial charge in [0.15, 0.2) is 11.5 Å². The van der Waals surface area contributed by atoms with Crippen LogP contribution in [0, 0.1) is 0 Å². The first-order valence-electron chi connectivity index (χ1n) is 9.24. The van der Waals surface area contributed by atoms with E-state index in [1.54, 1.807) is 25.1 Å². The van der Waals surface area contributed by atoms with Crippen LogP contribution < -0.4 is 20.1 Å². The van der Waals surface area contributed by atoms with Crippen molar-refractivity contribution in [1.82, 2.24) is 15.5 Å². The van der Waals surface area contributed by atoms with Crippen LogP contribution in [0.2, 0.25) is 0 Å². The molecule has 1 saturated heterocycles. The molecule has 2 heterocycles. The fraction of sp³-hybridized carbons (Fsp3) is 0.526. The molecule has 0 aromatic heterocycles. The largest absolute Gasteiger partial charge is 0.454 e. The molecule has 1 aromatic carbocycles. The van der Waals surface area contributed by atoms with Crippen molar-refractivity contribution in [2.75, 3.05) is 26.5 Å². The van der Waals surface area contributed by atoms with Crippen LogP contribution in [0.3, 0.4) is 0 Å². The first-order chi connectivity index (χ1) is 13.3. The number of benzene rings is 1. The van der Waals surface area contributed by atoms with Gasteiger partial charge in [0, 0.05) is 13.2 Å². The van der Waals surface area contributed by atoms with Crippen molar-refractivity contribution in [2.24, 2.45) is 0 Å². The Balaban J connectivity index is 1.59. The molecule has 1 fully saturated rings. The number of hydrogen-bond donors (Lipinski definition) is 2. The monoisotopic (exact) mass is 391 g/mol. The van der Waals surface area contributed by atoms with E-state index < -0.39 is 23.4 Å². The van der Waals surface area contributed by atoms with Crippen molar-refractivity contribution in [1.29, 1.82) is 0 Å². The van der Waals surface area contributed by atoms with E-state index in [0.29, 0.717) is 36.6 Å². The molecule has 2 aliphatic heterocycles. The smallest absolute Gasteiger partial charge is 0.325 e. The maximum Gasteiger partial charge on any atom is 0.325 e. The summed E-state index contributed by atoms with van der Waals surface area (Å²) in [5.74, 6) is 0.208. The summed E-state index contributed by atoms with van der Waals surface area (Å²) in [7, 11) is 0. The third-order valence-corrected chi connectivity index (χ3v) is 4.62. The van der Waals surface area contributed by atoms with E-state index in [2.05, 4.69) is 10.6 Å². The number of ether oxygens (including phenoxy) is 3. The molecule has 0 unspecified atom stereocenters. The average Bonchev–Trinajstić information content (AvgIpc) is 3.19. The Bertz CT molecular complexity index is 781. The molecule has 0 saturated carbocycles. The summed E-state index contributed by atoms with van der Waals surface area (Å²) >= 11 is 0. The topological polar surface area (TPSA) is 106 Å². The third kappa shape index (κ3) is 4.04. The summed E-state index contributed by atoms with van der Waals surface area (Å²) in [6.45, 7) is 6.20. The van der Waals surface area contributed by atoms with Gasteiger partial charge in [0.1, 0.15) is 12.1 Å². The minimum atomic E-state index is -1.27. The number of imide groups is 1. The quantitative estimate of drug-likeness (QED) is 0.508. The van der Waals surface area contributed by atoms with Gasteiger partial charge in [0.25, 0.3) is 5.91 Å². The number of urea groups is 1. The van der Waals surface area contributed by atoms with E-state index in [9.17, 15) is 14.4 Å². The molecule has 1 aromatic rings. The second-order valence-corrected chi connectivity index (χ2v) is 7.14. The lowest BCUT2D eigenvalue weighted by molar-refractivity contribution is -0.134. The van der Waals surface area contributed by atoms with Gasteiger partial charge in [-0.15, -0.1) is 0 Å². The number of nitrogens with one attached hydrogen (secondary N) is 2. The number of carbonyl (C=O) groups excluding carboxylic acids is 3. The zero-order chi connectivity index (χ0) is 20.3. The normalized spacial score (nSPS) is 20.6. The van der Waals surface area contributed by atoms with Crippen molar-refractivity contribution in [3.63, 3.8) is 0 Å². The average molecular weight is 391 g/mol. The van der Waals surface area contributed by atoms with E-state index >= 15 is 0 Å². The Morgan fingerprint density at radius 2 is 2.07 bits per heavy atom. The minimum absolute atomic E-state index is 0.115. The van der Waals surface area contributed by atoms with Gasteiger partial charge in [0.2, 0.25) is 12.7 Å². The van der Waals surface area contributed by atoms with Gasteiger partial charge in [-0.2, -0.15) is 0 Å². The predicted octanol–water partition coefficient (Wildman–Crippen LogP) is 1.11. The Kier molecular flexibility index (Phi) is 5.73. The first-order valence-corrected chi connectivity index (χ1v) is 9.24. The molecule has 1 atom stereocenters. The standard InChI is InChI=1S/C19H25N3O6/c1-12(2)26-8-4-7-20-16(23)10-22-17(24)19(3,21-18(22)25)13-5-6-14-15(9-13)28-11-27-14/h5-6,9,12H,4,7-8,10-11H2,1-3H3,(H,20,23)(H,21,25)/t19-/m1/s1. The van der Waals surface area contributed by atoms with Crippen LogP contribution >= 0.6 is 0 Å². The van der Waals surface area contributed by atoms with Crippen LogP contribution in [-0.2, 0) is 19.9 Å². The van der Waals surface area contributed by atoms with Gasteiger partial charge in [-0.05, 0) is 44.9 Å². The summed E-state index contributed by atoms with van der Waals surface area (Å²) in [4.78, 5) is 38.3. The van der Waals surface area contributed by atoms with Gasteiger partial charge in [0.05, 0.1) is 6.10 Å². The highest BCUT2D eigenvalue weighted by Gasteiger charge is 2.49. The zero-order valence-corrected chi connectivity index (χ0v) is 16.2. The maximum absolute atomic E-state index is 12.9. The van der Waals surface area contributed by atoms with E-state index in [4.69, 9.17) is 14.2 Å². The summed E-state index contributed by atoms with van der Waals surface area (Å²) in [6.07, 6.45) is 0.786. The molecule has 3 rings (SSSR count). The van der Waals surface area contributed by atoms with Gasteiger partial charge in [-0.3, -0.25) is 14.5 Å². The Labute approximate surface area is 163 Å². The SMILES string of the molecule is CC(C)OCCCNC(=O)CN1C(=O)N[C@](C)(c2ccc3c(c2)OCO3)C1=O. The van der Waals surface area contributed by atoms with Crippen LogP contribution in [0.5, 0.6) is 11.5 Å². The summed E-state index contributed by atoms with van der Waals surface area (Å²) < 4.78 is 16.0. The van der Waals surface area contributed by atoms with Crippen molar-refractivity contribution in [3.8, 4) is 11.5 Å². The van der Waals surface area contributed by atoms with E-state index in [-0.39, 0.29) is 19.4 Å². The number of nitrogens with zero attached hydrogens (tertiary/aromatic N) is 1. The van der Waals surface area contributed by atoms with E-state index in [1.807, 2.05) is 13.8 Å². The molecule has 4 amide bonds. The molecule has 2 N–H and O–H groups in total. The van der Waals surface area contributed by atoms with E-state index in [1.165, 1.54) is 0 Å². The summed E-state index contributed by atoms with van der Waals surface area (Å²) in [5.41, 5.74) is -0.715. The van der Waals surface area contributed by atoms with Crippen molar-refractivity contribution >= 4 is 17.8 Å². The summed E-state index contributed by atoms with van der Waals surface area (Å²) in [5, 5.41) is 5.37. The van der Waals surface area contributed by atoms with Crippen molar-refractivity contribution in [2.45, 2.75) is 38.8 Å². The number of carbonyl (C=O) groups is 3. The van der Waals surface area contributed by atoms with Gasteiger partial charge in [-0.1, -0.05) is 6.07 Å². The number of fused-ring (bicyclic) bond motifs is 1. The lowest BCUT2D eigenvalue weighted by Gasteiger charge is -2.22. The maximum atomic E-state index is 12.9. The molecule has 28 heavy (non-hydrogen) atoms. The molecule has 2 aliphatic rings. The fourth-order valence-electron chi connectivity index (χ4n) is 3.06. The Hall–Kier alpha value is -2.81. The Morgan fingerprint density at radius 1 is 1.32 bits per heavy atom. The molecule has 0 radical (unpaired) electrons. The lowest BCUT2D eigenvalue weighted by atomic mass is 9.91. The predicted molar refractivity (Wildman–Crippen MR) is 98.9 cm³/mol. The molecule has 0 aliphatic carbocycles. The zero-order valence-electron chi connectivity index (χ0n) is 16.2. The third-order valence-electron chi connectivity index (χ3n) is 4.62. The second-order valence-electron chi connectivity index (χ2n) is 7.14. The lowest BCUT2D eigenvalue weighted by Crippen LogP contribution is -2.43. The van der Waals surface area contributed by atoms with Gasteiger partial charge >= 0.3 is 6.03 Å². The first kappa shape index (κ1) is 19.9. The van der Waals surface area contributed by atoms with Crippen LogP contribution in [0.4, 0.5) is 4.79 Å². The van der Waals surface area contributed by atoms with Gasteiger partial charge < -0.3 is 24.8 Å². The van der Waals surface area contributed by atoms with Crippen LogP contribution in [0.25, 0.3) is 0 Å². The molecule has 0 bridgehead atoms. The molecule has 9 heteroatoms. The molecular weight excluding hydrogens is 366 g/mol. The van der Waals surface area contributed by atoms with Crippen LogP contribution in [-0.4, -0.2) is 55.3 Å². The molecule has 0 spiro atoms. The highest BCUT2D eigenvalue weighted by molar-refractivity contribution is 6.09. The fourth-order valence-corrected chi connectivity index (χ4v) is 3.06. The van der Waals surface area contributed by atoms with E-state index in [0.717, 1.165) is 4.90 Å². The Morgan fingerprint density at radius 3 is 2.82 bits per heavy atom. The van der Waals surface area contributed by atoms with Crippen LogP contribution in [0.1, 0.15) is 32.8 Å². The minimum Gasteiger partial charge on any atom is -0.454 e. The highest BCUT2D eigenvalue weighted by atomic mass is 16.7. The second kappa shape index (κ2) is 8.05.